The summed E-state index contributed by atoms with van der Waals surface area (Å²) in [5.74, 6) is -0.419. The Morgan fingerprint density at radius 2 is 1.84 bits per heavy atom. The molecule has 1 aliphatic heterocycles. The van der Waals surface area contributed by atoms with E-state index in [1.807, 2.05) is 0 Å². The summed E-state index contributed by atoms with van der Waals surface area (Å²) in [6, 6.07) is 10.6. The van der Waals surface area contributed by atoms with Gasteiger partial charge in [0.2, 0.25) is 21.8 Å². The fraction of sp³-hybridized carbons (Fsp3) is 0.364. The first kappa shape index (κ1) is 21.5. The number of anilines is 1. The Morgan fingerprint density at radius 3 is 2.55 bits per heavy atom. The first-order valence-electron chi connectivity index (χ1n) is 10.3. The van der Waals surface area contributed by atoms with Gasteiger partial charge in [-0.25, -0.2) is 17.5 Å². The number of nitrogens with one attached hydrogen (secondary N) is 2. The van der Waals surface area contributed by atoms with Gasteiger partial charge in [-0.3, -0.25) is 9.59 Å². The zero-order valence-corrected chi connectivity index (χ0v) is 17.8. The summed E-state index contributed by atoms with van der Waals surface area (Å²) in [5, 5.41) is 2.67. The number of benzene rings is 2. The zero-order valence-electron chi connectivity index (χ0n) is 16.9. The average molecular weight is 446 g/mol. The Kier molecular flexibility index (Phi) is 6.06. The van der Waals surface area contributed by atoms with Crippen LogP contribution in [0.5, 0.6) is 0 Å². The van der Waals surface area contributed by atoms with Crippen LogP contribution >= 0.6 is 0 Å². The maximum atomic E-state index is 12.9. The lowest BCUT2D eigenvalue weighted by Crippen LogP contribution is -2.31. The number of carbonyl (C=O) groups is 2. The van der Waals surface area contributed by atoms with Crippen molar-refractivity contribution in [1.29, 1.82) is 0 Å². The van der Waals surface area contributed by atoms with E-state index in [0.717, 1.165) is 29.7 Å². The number of carbonyl (C=O) groups excluding carboxylic acids is 2. The van der Waals surface area contributed by atoms with E-state index >= 15 is 0 Å². The molecule has 7 nitrogen and oxygen atoms in total. The minimum Gasteiger partial charge on any atom is -0.352 e. The summed E-state index contributed by atoms with van der Waals surface area (Å²) in [5.41, 5.74) is 2.38. The van der Waals surface area contributed by atoms with Crippen LogP contribution < -0.4 is 14.9 Å². The van der Waals surface area contributed by atoms with Crippen molar-refractivity contribution in [1.82, 2.24) is 10.0 Å². The summed E-state index contributed by atoms with van der Waals surface area (Å²) >= 11 is 0. The van der Waals surface area contributed by atoms with Crippen LogP contribution in [0.15, 0.2) is 47.4 Å². The monoisotopic (exact) mass is 445 g/mol. The molecule has 31 heavy (non-hydrogen) atoms. The topological polar surface area (TPSA) is 95.6 Å². The van der Waals surface area contributed by atoms with Crippen LogP contribution in [-0.4, -0.2) is 33.3 Å². The van der Waals surface area contributed by atoms with Crippen molar-refractivity contribution in [2.24, 2.45) is 5.92 Å². The third kappa shape index (κ3) is 5.11. The van der Waals surface area contributed by atoms with Crippen LogP contribution in [0.25, 0.3) is 0 Å². The molecule has 2 aromatic carbocycles. The third-order valence-corrected chi connectivity index (χ3v) is 6.96. The average Bonchev–Trinajstić information content (AvgIpc) is 3.51. The van der Waals surface area contributed by atoms with Gasteiger partial charge in [0.05, 0.1) is 4.90 Å². The first-order chi connectivity index (χ1) is 14.8. The molecule has 1 aliphatic carbocycles. The van der Waals surface area contributed by atoms with E-state index in [-0.39, 0.29) is 48.0 Å². The second kappa shape index (κ2) is 8.76. The largest absolute Gasteiger partial charge is 0.352 e. The van der Waals surface area contributed by atoms with E-state index in [4.69, 9.17) is 0 Å². The summed E-state index contributed by atoms with van der Waals surface area (Å²) in [4.78, 5) is 26.2. The summed E-state index contributed by atoms with van der Waals surface area (Å²) in [7, 11) is -3.77. The van der Waals surface area contributed by atoms with Crippen LogP contribution in [-0.2, 0) is 32.6 Å². The smallest absolute Gasteiger partial charge is 0.240 e. The molecule has 4 rings (SSSR count). The first-order valence-corrected chi connectivity index (χ1v) is 11.8. The van der Waals surface area contributed by atoms with Gasteiger partial charge in [0, 0.05) is 37.7 Å². The summed E-state index contributed by atoms with van der Waals surface area (Å²) < 4.78 is 40.5. The molecule has 2 N–H and O–H groups in total. The van der Waals surface area contributed by atoms with Crippen LogP contribution in [0.3, 0.4) is 0 Å². The van der Waals surface area contributed by atoms with Crippen molar-refractivity contribution in [3.8, 4) is 0 Å². The molecule has 2 aliphatic rings. The number of sulfonamides is 1. The van der Waals surface area contributed by atoms with Gasteiger partial charge in [0.1, 0.15) is 5.82 Å². The molecule has 0 atom stereocenters. The van der Waals surface area contributed by atoms with E-state index in [1.54, 1.807) is 29.2 Å². The van der Waals surface area contributed by atoms with Crippen LogP contribution in [0, 0.1) is 11.7 Å². The molecule has 164 valence electrons. The molecule has 0 aromatic heterocycles. The lowest BCUT2D eigenvalue weighted by Gasteiger charge is -2.17. The molecule has 1 fully saturated rings. The Morgan fingerprint density at radius 1 is 1.10 bits per heavy atom. The molecule has 1 heterocycles. The second-order valence-corrected chi connectivity index (χ2v) is 9.62. The van der Waals surface area contributed by atoms with E-state index in [1.165, 1.54) is 18.2 Å². The van der Waals surface area contributed by atoms with Gasteiger partial charge < -0.3 is 10.2 Å². The van der Waals surface area contributed by atoms with Crippen LogP contribution in [0.2, 0.25) is 0 Å². The molecule has 2 aromatic rings. The van der Waals surface area contributed by atoms with Gasteiger partial charge in [-0.2, -0.15) is 0 Å². The highest BCUT2D eigenvalue weighted by Gasteiger charge is 2.36. The fourth-order valence-corrected chi connectivity index (χ4v) is 4.68. The Hall–Kier alpha value is -2.78. The minimum atomic E-state index is -3.77. The van der Waals surface area contributed by atoms with Crippen molar-refractivity contribution in [2.75, 3.05) is 18.0 Å². The maximum absolute atomic E-state index is 12.9. The quantitative estimate of drug-likeness (QED) is 0.651. The van der Waals surface area contributed by atoms with E-state index < -0.39 is 10.0 Å². The molecule has 9 heteroatoms. The number of rotatable bonds is 8. The highest BCUT2D eigenvalue weighted by atomic mass is 32.2. The molecule has 0 unspecified atom stereocenters. The molecule has 0 bridgehead atoms. The van der Waals surface area contributed by atoms with Crippen molar-refractivity contribution < 1.29 is 22.4 Å². The lowest BCUT2D eigenvalue weighted by atomic mass is 10.2. The molecular weight excluding hydrogens is 421 g/mol. The Balaban J connectivity index is 1.29. The molecule has 2 amide bonds. The van der Waals surface area contributed by atoms with Gasteiger partial charge in [-0.1, -0.05) is 12.1 Å². The normalized spacial score (nSPS) is 15.6. The van der Waals surface area contributed by atoms with Crippen molar-refractivity contribution >= 4 is 27.5 Å². The number of halogens is 1. The molecular formula is C22H24FN3O4S. The van der Waals surface area contributed by atoms with Crippen molar-refractivity contribution in [3.05, 3.63) is 59.4 Å². The maximum Gasteiger partial charge on any atom is 0.240 e. The van der Waals surface area contributed by atoms with Gasteiger partial charge in [0.15, 0.2) is 0 Å². The van der Waals surface area contributed by atoms with Gasteiger partial charge in [-0.15, -0.1) is 0 Å². The van der Waals surface area contributed by atoms with Gasteiger partial charge in [-0.05, 0) is 60.7 Å². The number of hydrogen-bond acceptors (Lipinski definition) is 4. The number of nitrogens with zero attached hydrogens (tertiary/aromatic N) is 1. The predicted molar refractivity (Wildman–Crippen MR) is 113 cm³/mol. The predicted octanol–water partition coefficient (Wildman–Crippen LogP) is 2.11. The molecule has 0 radical (unpaired) electrons. The fourth-order valence-electron chi connectivity index (χ4n) is 3.60. The number of hydrogen-bond donors (Lipinski definition) is 2. The molecule has 0 saturated heterocycles. The Bertz CT molecular complexity index is 1100. The number of amides is 2. The van der Waals surface area contributed by atoms with Gasteiger partial charge in [0.25, 0.3) is 0 Å². The SMILES string of the molecule is O=C(CCNS(=O)(=O)c1ccc2c(c1)CCN2C(=O)C1CC1)NCc1ccc(F)cc1. The standard InChI is InChI=1S/C22H24FN3O4S/c23-18-5-1-15(2-6-18)14-24-21(27)9-11-25-31(29,30)19-7-8-20-17(13-19)10-12-26(20)22(28)16-3-4-16/h1-2,5-8,13,16,25H,3-4,9-12,14H2,(H,24,27). The second-order valence-electron chi connectivity index (χ2n) is 7.86. The van der Waals surface area contributed by atoms with Crippen LogP contribution in [0.4, 0.5) is 10.1 Å². The highest BCUT2D eigenvalue weighted by Crippen LogP contribution is 2.37. The third-order valence-electron chi connectivity index (χ3n) is 5.50. The highest BCUT2D eigenvalue weighted by molar-refractivity contribution is 7.89. The minimum absolute atomic E-state index is 0.0188. The molecule has 1 saturated carbocycles. The van der Waals surface area contributed by atoms with E-state index in [0.29, 0.717) is 13.0 Å². The van der Waals surface area contributed by atoms with E-state index in [2.05, 4.69) is 10.0 Å². The van der Waals surface area contributed by atoms with Crippen LogP contribution in [0.1, 0.15) is 30.4 Å². The van der Waals surface area contributed by atoms with Crippen molar-refractivity contribution in [3.63, 3.8) is 0 Å². The van der Waals surface area contributed by atoms with Gasteiger partial charge >= 0.3 is 0 Å². The zero-order chi connectivity index (χ0) is 22.0. The van der Waals surface area contributed by atoms with E-state index in [9.17, 15) is 22.4 Å². The Labute approximate surface area is 180 Å². The summed E-state index contributed by atoms with van der Waals surface area (Å²) in [6.07, 6.45) is 2.47. The molecule has 0 spiro atoms. The van der Waals surface area contributed by atoms with Crippen molar-refractivity contribution in [2.45, 2.75) is 37.1 Å². The number of fused-ring (bicyclic) bond motifs is 1. The lowest BCUT2D eigenvalue weighted by molar-refractivity contribution is -0.121. The summed E-state index contributed by atoms with van der Waals surface area (Å²) in [6.45, 7) is 0.781.